The van der Waals surface area contributed by atoms with Gasteiger partial charge in [-0.25, -0.2) is 0 Å². The van der Waals surface area contributed by atoms with Crippen molar-refractivity contribution >= 4 is 0 Å². The fourth-order valence-electron chi connectivity index (χ4n) is 8.09. The first-order valence-corrected chi connectivity index (χ1v) is 15.2. The van der Waals surface area contributed by atoms with E-state index in [2.05, 4.69) is 142 Å². The summed E-state index contributed by atoms with van der Waals surface area (Å²) < 4.78 is 0. The lowest BCUT2D eigenvalue weighted by molar-refractivity contribution is 0.660. The maximum Gasteiger partial charge on any atom is 0.0159 e. The molecule has 3 aliphatic carbocycles. The average Bonchev–Trinajstić information content (AvgIpc) is 3.62. The maximum atomic E-state index is 2.43. The Morgan fingerprint density at radius 3 is 1.67 bits per heavy atom. The second-order valence-corrected chi connectivity index (χ2v) is 13.0. The number of fused-ring (bicyclic) bond motifs is 9. The smallest absolute Gasteiger partial charge is 0.0159 e. The van der Waals surface area contributed by atoms with Gasteiger partial charge in [0.1, 0.15) is 0 Å². The van der Waals surface area contributed by atoms with E-state index in [1.807, 2.05) is 0 Å². The highest BCUT2D eigenvalue weighted by Crippen LogP contribution is 2.50. The molecule has 42 heavy (non-hydrogen) atoms. The van der Waals surface area contributed by atoms with Gasteiger partial charge in [-0.2, -0.15) is 0 Å². The van der Waals surface area contributed by atoms with Crippen LogP contribution in [0.1, 0.15) is 60.1 Å². The Balaban J connectivity index is 1.04. The Morgan fingerprint density at radius 2 is 0.952 bits per heavy atom. The third kappa shape index (κ3) is 3.24. The lowest BCUT2D eigenvalue weighted by Crippen LogP contribution is -2.14. The minimum atomic E-state index is 0.0173. The van der Waals surface area contributed by atoms with E-state index in [4.69, 9.17) is 0 Å². The molecule has 0 saturated carbocycles. The number of rotatable bonds is 2. The largest absolute Gasteiger partial charge is 0.0619 e. The molecule has 9 rings (SSSR count). The topological polar surface area (TPSA) is 0 Å². The molecule has 0 spiro atoms. The first-order chi connectivity index (χ1) is 20.5. The zero-order chi connectivity index (χ0) is 28.2. The molecule has 0 aromatic heterocycles. The van der Waals surface area contributed by atoms with Crippen LogP contribution in [0.5, 0.6) is 0 Å². The second kappa shape index (κ2) is 8.43. The van der Waals surface area contributed by atoms with E-state index in [-0.39, 0.29) is 5.41 Å². The molecule has 0 N–H and O–H groups in total. The van der Waals surface area contributed by atoms with E-state index >= 15 is 0 Å². The molecule has 6 aromatic rings. The average molecular weight is 537 g/mol. The molecular weight excluding hydrogens is 504 g/mol. The Labute approximate surface area is 248 Å². The van der Waals surface area contributed by atoms with Crippen molar-refractivity contribution in [2.75, 3.05) is 0 Å². The maximum absolute atomic E-state index is 2.43. The molecule has 0 nitrogen and oxygen atoms in total. The van der Waals surface area contributed by atoms with Crippen LogP contribution in [-0.2, 0) is 11.8 Å². The highest BCUT2D eigenvalue weighted by atomic mass is 14.4. The summed E-state index contributed by atoms with van der Waals surface area (Å²) in [6.07, 6.45) is 0.987. The molecule has 3 aliphatic rings. The Morgan fingerprint density at radius 1 is 0.452 bits per heavy atom. The minimum Gasteiger partial charge on any atom is -0.0619 e. The van der Waals surface area contributed by atoms with Crippen LogP contribution < -0.4 is 0 Å². The molecular formula is C42H32. The molecule has 0 radical (unpaired) electrons. The van der Waals surface area contributed by atoms with Crippen molar-refractivity contribution in [3.8, 4) is 55.6 Å². The zero-order valence-corrected chi connectivity index (χ0v) is 24.3. The summed E-state index contributed by atoms with van der Waals surface area (Å²) in [5, 5.41) is 0. The van der Waals surface area contributed by atoms with Gasteiger partial charge in [0, 0.05) is 11.3 Å². The van der Waals surface area contributed by atoms with Gasteiger partial charge in [-0.1, -0.05) is 130 Å². The van der Waals surface area contributed by atoms with Crippen LogP contribution in [0, 0.1) is 0 Å². The summed E-state index contributed by atoms with van der Waals surface area (Å²) in [6.45, 7) is 7.06. The quantitative estimate of drug-likeness (QED) is 0.206. The molecule has 6 aromatic carbocycles. The van der Waals surface area contributed by atoms with Crippen molar-refractivity contribution in [3.05, 3.63) is 155 Å². The van der Waals surface area contributed by atoms with Crippen LogP contribution in [-0.4, -0.2) is 0 Å². The van der Waals surface area contributed by atoms with E-state index in [9.17, 15) is 0 Å². The van der Waals surface area contributed by atoms with Crippen LogP contribution in [0.15, 0.2) is 121 Å². The predicted octanol–water partition coefficient (Wildman–Crippen LogP) is 11.0. The zero-order valence-electron chi connectivity index (χ0n) is 24.3. The molecule has 0 heteroatoms. The summed E-state index contributed by atoms with van der Waals surface area (Å²) in [5.74, 6) is 0.437. The molecule has 0 heterocycles. The van der Waals surface area contributed by atoms with Gasteiger partial charge in [-0.3, -0.25) is 0 Å². The van der Waals surface area contributed by atoms with Crippen molar-refractivity contribution in [3.63, 3.8) is 0 Å². The summed E-state index contributed by atoms with van der Waals surface area (Å²) >= 11 is 0. The van der Waals surface area contributed by atoms with Crippen LogP contribution >= 0.6 is 0 Å². The van der Waals surface area contributed by atoms with Crippen molar-refractivity contribution in [1.82, 2.24) is 0 Å². The van der Waals surface area contributed by atoms with Crippen molar-refractivity contribution in [2.45, 2.75) is 38.5 Å². The van der Waals surface area contributed by atoms with Gasteiger partial charge >= 0.3 is 0 Å². The Kier molecular flexibility index (Phi) is 4.81. The molecule has 0 bridgehead atoms. The Bertz CT molecular complexity index is 2100. The molecule has 0 saturated heterocycles. The molecule has 0 fully saturated rings. The number of benzene rings is 6. The van der Waals surface area contributed by atoms with E-state index in [0.717, 1.165) is 6.42 Å². The van der Waals surface area contributed by atoms with Gasteiger partial charge in [-0.05, 0) is 108 Å². The van der Waals surface area contributed by atoms with Gasteiger partial charge in [0.2, 0.25) is 0 Å². The summed E-state index contributed by atoms with van der Waals surface area (Å²) in [7, 11) is 0. The third-order valence-corrected chi connectivity index (χ3v) is 10.4. The standard InChI is InChI=1S/C42H32/c1-25-32-8-4-5-9-35(32)36-18-14-28(23-39(25)36)26-12-16-33-30(20-26)22-31-21-27(13-17-34(31)33)29-15-19-38-37-10-6-7-11-40(37)42(2,3)41(38)24-29/h4-21,23-25H,22H2,1-3H3. The first kappa shape index (κ1) is 24.0. The second-order valence-electron chi connectivity index (χ2n) is 13.0. The number of hydrogen-bond acceptors (Lipinski definition) is 0. The fourth-order valence-corrected chi connectivity index (χ4v) is 8.09. The van der Waals surface area contributed by atoms with E-state index in [0.29, 0.717) is 5.92 Å². The highest BCUT2D eigenvalue weighted by molar-refractivity contribution is 5.87. The van der Waals surface area contributed by atoms with Crippen LogP contribution in [0.25, 0.3) is 55.6 Å². The molecule has 0 amide bonds. The van der Waals surface area contributed by atoms with Crippen LogP contribution in [0.4, 0.5) is 0 Å². The van der Waals surface area contributed by atoms with E-state index in [1.54, 1.807) is 0 Å². The van der Waals surface area contributed by atoms with Crippen LogP contribution in [0.3, 0.4) is 0 Å². The third-order valence-electron chi connectivity index (χ3n) is 10.4. The predicted molar refractivity (Wildman–Crippen MR) is 176 cm³/mol. The SMILES string of the molecule is CC1c2ccccc2-c2ccc(-c3ccc4c(c3)Cc3cc(-c5ccc6c(c5)C(C)(C)c5ccccc5-6)ccc3-4)cc21. The van der Waals surface area contributed by atoms with Gasteiger partial charge in [-0.15, -0.1) is 0 Å². The highest BCUT2D eigenvalue weighted by Gasteiger charge is 2.35. The van der Waals surface area contributed by atoms with Gasteiger partial charge in [0.25, 0.3) is 0 Å². The normalized spacial score (nSPS) is 16.3. The summed E-state index contributed by atoms with van der Waals surface area (Å²) in [6, 6.07) is 46.1. The van der Waals surface area contributed by atoms with E-state index < -0.39 is 0 Å². The number of hydrogen-bond donors (Lipinski definition) is 0. The van der Waals surface area contributed by atoms with Crippen molar-refractivity contribution < 1.29 is 0 Å². The monoisotopic (exact) mass is 536 g/mol. The lowest BCUT2D eigenvalue weighted by atomic mass is 9.81. The van der Waals surface area contributed by atoms with Gasteiger partial charge < -0.3 is 0 Å². The Hall–Kier alpha value is -4.68. The molecule has 1 atom stereocenters. The van der Waals surface area contributed by atoms with Gasteiger partial charge in [0.05, 0.1) is 0 Å². The molecule has 200 valence electrons. The van der Waals surface area contributed by atoms with Crippen LogP contribution in [0.2, 0.25) is 0 Å². The van der Waals surface area contributed by atoms with Crippen molar-refractivity contribution in [2.24, 2.45) is 0 Å². The molecule has 1 unspecified atom stereocenters. The molecule has 0 aliphatic heterocycles. The summed E-state index contributed by atoms with van der Waals surface area (Å²) in [5.41, 5.74) is 22.2. The minimum absolute atomic E-state index is 0.0173. The van der Waals surface area contributed by atoms with Gasteiger partial charge in [0.15, 0.2) is 0 Å². The lowest BCUT2D eigenvalue weighted by Gasteiger charge is -2.22. The fraction of sp³-hybridized carbons (Fsp3) is 0.143. The van der Waals surface area contributed by atoms with Crippen molar-refractivity contribution in [1.29, 1.82) is 0 Å². The summed E-state index contributed by atoms with van der Waals surface area (Å²) in [4.78, 5) is 0. The first-order valence-electron chi connectivity index (χ1n) is 15.2. The van der Waals surface area contributed by atoms with E-state index in [1.165, 1.54) is 89.0 Å².